The minimum Gasteiger partial charge on any atom is -0.496 e. The molecular formula is C27H26N2O2S. The number of benzene rings is 1. The van der Waals surface area contributed by atoms with Crippen molar-refractivity contribution in [3.63, 3.8) is 0 Å². The van der Waals surface area contributed by atoms with E-state index in [0.717, 1.165) is 27.3 Å². The number of hydrogen-bond donors (Lipinski definition) is 1. The van der Waals surface area contributed by atoms with Crippen molar-refractivity contribution in [2.24, 2.45) is 0 Å². The number of nitrogens with zero attached hydrogens (tertiary/aromatic N) is 1. The maximum Gasteiger partial charge on any atom is 0.260 e. The molecule has 4 rings (SSSR count). The van der Waals surface area contributed by atoms with E-state index < -0.39 is 0 Å². The predicted molar refractivity (Wildman–Crippen MR) is 134 cm³/mol. The van der Waals surface area contributed by atoms with Crippen LogP contribution in [-0.2, 0) is 0 Å². The highest BCUT2D eigenvalue weighted by molar-refractivity contribution is 7.13. The van der Waals surface area contributed by atoms with Crippen LogP contribution >= 0.6 is 11.3 Å². The summed E-state index contributed by atoms with van der Waals surface area (Å²) in [7, 11) is 1.60. The van der Waals surface area contributed by atoms with Crippen LogP contribution in [-0.4, -0.2) is 17.1 Å². The van der Waals surface area contributed by atoms with E-state index in [1.807, 2.05) is 86.0 Å². The van der Waals surface area contributed by atoms with Gasteiger partial charge in [-0.2, -0.15) is 0 Å². The summed E-state index contributed by atoms with van der Waals surface area (Å²) in [4.78, 5) is 20.3. The number of H-pyrrole nitrogens is 1. The predicted octanol–water partition coefficient (Wildman–Crippen LogP) is 6.60. The Morgan fingerprint density at radius 2 is 1.62 bits per heavy atom. The molecule has 0 unspecified atom stereocenters. The van der Waals surface area contributed by atoms with Crippen molar-refractivity contribution >= 4 is 11.3 Å². The highest BCUT2D eigenvalue weighted by atomic mass is 32.1. The Bertz CT molecular complexity index is 1230. The van der Waals surface area contributed by atoms with Gasteiger partial charge in [0, 0.05) is 23.0 Å². The summed E-state index contributed by atoms with van der Waals surface area (Å²) in [6.07, 6.45) is 3.44. The summed E-state index contributed by atoms with van der Waals surface area (Å²) in [6.45, 7) is 3.93. The minimum absolute atomic E-state index is 0.181. The van der Waals surface area contributed by atoms with E-state index in [-0.39, 0.29) is 5.56 Å². The summed E-state index contributed by atoms with van der Waals surface area (Å²) < 4.78 is 5.63. The van der Waals surface area contributed by atoms with Crippen LogP contribution in [0.2, 0.25) is 0 Å². The summed E-state index contributed by atoms with van der Waals surface area (Å²) in [5.41, 5.74) is 4.48. The van der Waals surface area contributed by atoms with Gasteiger partial charge in [-0.1, -0.05) is 48.5 Å². The van der Waals surface area contributed by atoms with Crippen LogP contribution in [0.4, 0.5) is 0 Å². The zero-order valence-electron chi connectivity index (χ0n) is 18.4. The summed E-state index contributed by atoms with van der Waals surface area (Å²) in [6, 6.07) is 25.7. The largest absolute Gasteiger partial charge is 0.496 e. The molecule has 0 amide bonds. The van der Waals surface area contributed by atoms with Gasteiger partial charge in [0.2, 0.25) is 0 Å². The number of rotatable bonds is 3. The Morgan fingerprint density at radius 3 is 2.22 bits per heavy atom. The van der Waals surface area contributed by atoms with Gasteiger partial charge in [0.15, 0.2) is 0 Å². The van der Waals surface area contributed by atoms with Gasteiger partial charge in [0.05, 0.1) is 12.7 Å². The van der Waals surface area contributed by atoms with Crippen molar-refractivity contribution in [2.75, 3.05) is 7.11 Å². The normalized spacial score (nSPS) is 9.84. The third-order valence-corrected chi connectivity index (χ3v) is 5.55. The molecule has 3 aromatic heterocycles. The van der Waals surface area contributed by atoms with Gasteiger partial charge in [0.25, 0.3) is 5.56 Å². The van der Waals surface area contributed by atoms with Crippen LogP contribution in [0.15, 0.2) is 101 Å². The Kier molecular flexibility index (Phi) is 8.35. The number of hydrogen-bond acceptors (Lipinski definition) is 4. The van der Waals surface area contributed by atoms with Gasteiger partial charge in [-0.25, -0.2) is 0 Å². The van der Waals surface area contributed by atoms with E-state index in [2.05, 4.69) is 22.1 Å². The zero-order chi connectivity index (χ0) is 22.8. The van der Waals surface area contributed by atoms with E-state index in [1.165, 1.54) is 11.3 Å². The van der Waals surface area contributed by atoms with E-state index in [1.54, 1.807) is 19.5 Å². The monoisotopic (exact) mass is 442 g/mol. The highest BCUT2D eigenvalue weighted by Gasteiger charge is 2.12. The molecule has 0 saturated heterocycles. The fourth-order valence-corrected chi connectivity index (χ4v) is 3.93. The molecule has 0 fully saturated rings. The van der Waals surface area contributed by atoms with Crippen LogP contribution in [0.5, 0.6) is 5.75 Å². The number of pyridine rings is 1. The number of aromatic nitrogens is 2. The van der Waals surface area contributed by atoms with Crippen LogP contribution in [0, 0.1) is 13.8 Å². The van der Waals surface area contributed by atoms with Crippen molar-refractivity contribution in [1.29, 1.82) is 0 Å². The Hall–Kier alpha value is -3.70. The second-order valence-electron chi connectivity index (χ2n) is 7.00. The summed E-state index contributed by atoms with van der Waals surface area (Å²) >= 11 is 1.51. The molecule has 0 aliphatic rings. The van der Waals surface area contributed by atoms with Crippen molar-refractivity contribution in [3.8, 4) is 27.3 Å². The Labute approximate surface area is 192 Å². The maximum absolute atomic E-state index is 12.7. The van der Waals surface area contributed by atoms with E-state index in [9.17, 15) is 4.79 Å². The molecule has 0 aliphatic carbocycles. The molecule has 1 aromatic carbocycles. The lowest BCUT2D eigenvalue weighted by Crippen LogP contribution is -2.07. The molecule has 0 atom stereocenters. The SMILES string of the molecule is COc1c(C)cc(-c2ccccc2)ccc[nH]c(=O)c1-c1cccs1.Cc1ccccn1. The minimum atomic E-state index is -0.181. The lowest BCUT2D eigenvalue weighted by Gasteiger charge is -2.08. The van der Waals surface area contributed by atoms with Gasteiger partial charge < -0.3 is 9.72 Å². The van der Waals surface area contributed by atoms with Crippen LogP contribution in [0.1, 0.15) is 11.3 Å². The lowest BCUT2D eigenvalue weighted by atomic mass is 10.0. The molecular weight excluding hydrogens is 416 g/mol. The van der Waals surface area contributed by atoms with Crippen LogP contribution in [0.3, 0.4) is 0 Å². The fraction of sp³-hybridized carbons (Fsp3) is 0.111. The first kappa shape index (κ1) is 23.0. The second-order valence-corrected chi connectivity index (χ2v) is 7.95. The molecule has 0 radical (unpaired) electrons. The molecule has 0 aliphatic heterocycles. The molecule has 0 spiro atoms. The van der Waals surface area contributed by atoms with Gasteiger partial charge in [-0.15, -0.1) is 11.3 Å². The first-order valence-corrected chi connectivity index (χ1v) is 11.1. The average Bonchev–Trinajstić information content (AvgIpc) is 3.34. The van der Waals surface area contributed by atoms with Gasteiger partial charge >= 0.3 is 0 Å². The Morgan fingerprint density at radius 1 is 0.875 bits per heavy atom. The highest BCUT2D eigenvalue weighted by Crippen LogP contribution is 2.32. The number of aryl methyl sites for hydroxylation is 2. The van der Waals surface area contributed by atoms with E-state index >= 15 is 0 Å². The lowest BCUT2D eigenvalue weighted by molar-refractivity contribution is 0.413. The molecule has 0 saturated carbocycles. The molecule has 162 valence electrons. The zero-order valence-corrected chi connectivity index (χ0v) is 19.2. The number of methoxy groups -OCH3 is 1. The first-order valence-electron chi connectivity index (χ1n) is 10.2. The number of nitrogens with one attached hydrogen (secondary N) is 1. The summed E-state index contributed by atoms with van der Waals surface area (Å²) in [5, 5.41) is 1.95. The van der Waals surface area contributed by atoms with Crippen molar-refractivity contribution in [3.05, 3.63) is 118 Å². The van der Waals surface area contributed by atoms with E-state index in [0.29, 0.717) is 11.3 Å². The number of ether oxygens (including phenoxy) is 1. The van der Waals surface area contributed by atoms with Gasteiger partial charge in [-0.05, 0) is 66.2 Å². The smallest absolute Gasteiger partial charge is 0.260 e. The summed E-state index contributed by atoms with van der Waals surface area (Å²) in [5.74, 6) is 0.581. The molecule has 4 nitrogen and oxygen atoms in total. The first-order chi connectivity index (χ1) is 15.6. The Balaban J connectivity index is 0.000000352. The molecule has 3 heterocycles. The fourth-order valence-electron chi connectivity index (χ4n) is 3.16. The maximum atomic E-state index is 12.7. The van der Waals surface area contributed by atoms with Gasteiger partial charge in [-0.3, -0.25) is 9.78 Å². The number of thiophene rings is 1. The van der Waals surface area contributed by atoms with Crippen LogP contribution < -0.4 is 10.3 Å². The van der Waals surface area contributed by atoms with E-state index in [4.69, 9.17) is 4.74 Å². The standard InChI is InChI=1S/C21H19NO2S.C6H7N/c1-15-14-17(16-8-4-3-5-9-16)10-6-12-22-21(23)19(20(15)24-2)18-11-7-13-25-18;1-6-4-2-3-5-7-6/h3-14H,1-2H3,(H,22,23);2-5H,1H3. The topological polar surface area (TPSA) is 55.0 Å². The number of aromatic amines is 1. The average molecular weight is 443 g/mol. The molecule has 0 bridgehead atoms. The van der Waals surface area contributed by atoms with Crippen LogP contribution in [0.25, 0.3) is 21.6 Å². The quantitative estimate of drug-likeness (QED) is 0.389. The molecule has 1 N–H and O–H groups in total. The molecule has 5 heteroatoms. The van der Waals surface area contributed by atoms with Crippen molar-refractivity contribution in [1.82, 2.24) is 9.97 Å². The molecule has 4 aromatic rings. The van der Waals surface area contributed by atoms with Crippen molar-refractivity contribution in [2.45, 2.75) is 13.8 Å². The van der Waals surface area contributed by atoms with Crippen molar-refractivity contribution < 1.29 is 4.74 Å². The third kappa shape index (κ3) is 6.15. The van der Waals surface area contributed by atoms with Gasteiger partial charge in [0.1, 0.15) is 5.75 Å². The second kappa shape index (κ2) is 11.6. The third-order valence-electron chi connectivity index (χ3n) is 4.66. The molecule has 32 heavy (non-hydrogen) atoms.